The van der Waals surface area contributed by atoms with Crippen molar-refractivity contribution in [2.45, 2.75) is 44.6 Å². The van der Waals surface area contributed by atoms with Gasteiger partial charge in [0, 0.05) is 35.5 Å². The Hall–Kier alpha value is -3.17. The number of nitrogens with one attached hydrogen (secondary N) is 2. The minimum Gasteiger partial charge on any atom is -0.475 e. The van der Waals surface area contributed by atoms with Crippen molar-refractivity contribution in [2.24, 2.45) is 0 Å². The van der Waals surface area contributed by atoms with Crippen LogP contribution in [0.25, 0.3) is 0 Å². The molecule has 2 unspecified atom stereocenters. The fraction of sp³-hybridized carbons (Fsp3) is 0.280. The predicted molar refractivity (Wildman–Crippen MR) is 125 cm³/mol. The third-order valence-electron chi connectivity index (χ3n) is 5.42. The number of aryl methyl sites for hydroxylation is 1. The van der Waals surface area contributed by atoms with Crippen LogP contribution in [0.4, 0.5) is 13.2 Å². The van der Waals surface area contributed by atoms with E-state index in [-0.39, 0.29) is 5.91 Å². The van der Waals surface area contributed by atoms with E-state index < -0.39 is 12.1 Å². The number of carboxylic acid groups (broad SMARTS) is 1. The van der Waals surface area contributed by atoms with E-state index >= 15 is 0 Å². The molecular formula is C25H25F3N2O3S. The highest BCUT2D eigenvalue weighted by Crippen LogP contribution is 2.41. The minimum atomic E-state index is -5.08. The molecule has 2 atom stereocenters. The summed E-state index contributed by atoms with van der Waals surface area (Å²) in [5.41, 5.74) is 4.51. The Kier molecular flexibility index (Phi) is 8.46. The second kappa shape index (κ2) is 11.3. The summed E-state index contributed by atoms with van der Waals surface area (Å²) in [6, 6.07) is 20.8. The van der Waals surface area contributed by atoms with Gasteiger partial charge in [-0.3, -0.25) is 4.79 Å². The van der Waals surface area contributed by atoms with Crippen molar-refractivity contribution >= 4 is 23.2 Å². The van der Waals surface area contributed by atoms with E-state index in [9.17, 15) is 18.0 Å². The van der Waals surface area contributed by atoms with Crippen LogP contribution in [0, 0.1) is 6.92 Å². The highest BCUT2D eigenvalue weighted by Gasteiger charge is 2.38. The Bertz CT molecular complexity index is 1100. The molecule has 0 bridgehead atoms. The number of carboxylic acids is 1. The Morgan fingerprint density at radius 2 is 1.68 bits per heavy atom. The number of rotatable bonds is 7. The number of halogens is 3. The van der Waals surface area contributed by atoms with Crippen LogP contribution in [0.1, 0.15) is 44.3 Å². The van der Waals surface area contributed by atoms with Gasteiger partial charge in [0.1, 0.15) is 0 Å². The van der Waals surface area contributed by atoms with Crippen molar-refractivity contribution in [3.05, 3.63) is 93.2 Å². The van der Waals surface area contributed by atoms with Gasteiger partial charge in [0.2, 0.25) is 0 Å². The summed E-state index contributed by atoms with van der Waals surface area (Å²) in [7, 11) is 0. The number of benzene rings is 2. The van der Waals surface area contributed by atoms with E-state index in [4.69, 9.17) is 9.90 Å². The topological polar surface area (TPSA) is 78.4 Å². The van der Waals surface area contributed by atoms with E-state index in [0.717, 1.165) is 12.1 Å². The first-order valence-corrected chi connectivity index (χ1v) is 11.5. The van der Waals surface area contributed by atoms with E-state index in [0.29, 0.717) is 24.1 Å². The maximum atomic E-state index is 12.3. The van der Waals surface area contributed by atoms with Crippen LogP contribution in [0.3, 0.4) is 0 Å². The van der Waals surface area contributed by atoms with Crippen LogP contribution in [-0.2, 0) is 17.9 Å². The molecule has 9 heteroatoms. The van der Waals surface area contributed by atoms with Crippen LogP contribution in [0.5, 0.6) is 0 Å². The van der Waals surface area contributed by atoms with Crippen LogP contribution >= 0.6 is 11.3 Å². The second-order valence-corrected chi connectivity index (χ2v) is 8.95. The number of carbonyl (C=O) groups is 2. The average molecular weight is 491 g/mol. The van der Waals surface area contributed by atoms with Crippen molar-refractivity contribution in [3.63, 3.8) is 0 Å². The lowest BCUT2D eigenvalue weighted by atomic mass is 10.1. The zero-order valence-electron chi connectivity index (χ0n) is 18.4. The van der Waals surface area contributed by atoms with Crippen LogP contribution in [-0.4, -0.2) is 29.2 Å². The number of aliphatic carboxylic acids is 1. The highest BCUT2D eigenvalue weighted by molar-refractivity contribution is 7.10. The Morgan fingerprint density at radius 1 is 1.03 bits per heavy atom. The average Bonchev–Trinajstić information content (AvgIpc) is 3.48. The van der Waals surface area contributed by atoms with Gasteiger partial charge in [0.15, 0.2) is 0 Å². The normalized spacial score (nSPS) is 16.8. The summed E-state index contributed by atoms with van der Waals surface area (Å²) in [5, 5.41) is 15.9. The summed E-state index contributed by atoms with van der Waals surface area (Å²) in [6.07, 6.45) is -3.91. The zero-order valence-corrected chi connectivity index (χ0v) is 19.2. The van der Waals surface area contributed by atoms with Crippen molar-refractivity contribution in [2.75, 3.05) is 0 Å². The Labute approximate surface area is 199 Å². The molecule has 4 rings (SSSR count). The summed E-state index contributed by atoms with van der Waals surface area (Å²) in [6.45, 7) is 3.67. The Balaban J connectivity index is 0.000000406. The highest BCUT2D eigenvalue weighted by atomic mass is 32.1. The molecule has 180 valence electrons. The molecule has 1 fully saturated rings. The number of amides is 1. The lowest BCUT2D eigenvalue weighted by Crippen LogP contribution is -2.22. The summed E-state index contributed by atoms with van der Waals surface area (Å²) < 4.78 is 31.7. The van der Waals surface area contributed by atoms with Crippen molar-refractivity contribution in [1.29, 1.82) is 0 Å². The molecule has 1 heterocycles. The van der Waals surface area contributed by atoms with Gasteiger partial charge in [-0.05, 0) is 53.6 Å². The first-order chi connectivity index (χ1) is 16.1. The molecule has 2 aromatic carbocycles. The number of carbonyl (C=O) groups excluding carboxylic acids is 1. The van der Waals surface area contributed by atoms with Crippen molar-refractivity contribution in [3.8, 4) is 0 Å². The lowest BCUT2D eigenvalue weighted by Gasteiger charge is -2.07. The molecule has 34 heavy (non-hydrogen) atoms. The molecule has 0 saturated heterocycles. The SMILES string of the molecule is Cc1ccsc1CNC1CC1c1ccc(C(=O)NCc2ccccc2)cc1.O=C(O)C(F)(F)F. The molecule has 0 spiro atoms. The molecule has 3 N–H and O–H groups in total. The largest absolute Gasteiger partial charge is 0.490 e. The first kappa shape index (κ1) is 25.5. The van der Waals surface area contributed by atoms with E-state index in [2.05, 4.69) is 41.1 Å². The molecule has 0 radical (unpaired) electrons. The predicted octanol–water partition coefficient (Wildman–Crippen LogP) is 5.27. The lowest BCUT2D eigenvalue weighted by molar-refractivity contribution is -0.192. The molecule has 0 aliphatic heterocycles. The summed E-state index contributed by atoms with van der Waals surface area (Å²) in [5.74, 6) is -2.22. The summed E-state index contributed by atoms with van der Waals surface area (Å²) in [4.78, 5) is 22.6. The fourth-order valence-corrected chi connectivity index (χ4v) is 4.22. The van der Waals surface area contributed by atoms with Gasteiger partial charge in [-0.25, -0.2) is 4.79 Å². The van der Waals surface area contributed by atoms with Gasteiger partial charge in [-0.15, -0.1) is 11.3 Å². The van der Waals surface area contributed by atoms with Gasteiger partial charge in [0.05, 0.1) is 0 Å². The standard InChI is InChI=1S/C23H24N2OS.C2HF3O2/c1-16-11-12-27-22(16)15-24-21-13-20(21)18-7-9-19(10-8-18)23(26)25-14-17-5-3-2-4-6-17;3-2(4,5)1(6)7/h2-12,20-21,24H,13-15H2,1H3,(H,25,26);(H,6,7). The molecule has 3 aromatic rings. The van der Waals surface area contributed by atoms with Crippen LogP contribution in [0.15, 0.2) is 66.0 Å². The molecule has 1 aliphatic carbocycles. The van der Waals surface area contributed by atoms with Crippen LogP contribution < -0.4 is 10.6 Å². The van der Waals surface area contributed by atoms with Crippen molar-refractivity contribution < 1.29 is 27.9 Å². The van der Waals surface area contributed by atoms with Gasteiger partial charge in [-0.1, -0.05) is 42.5 Å². The van der Waals surface area contributed by atoms with E-state index in [1.807, 2.05) is 53.8 Å². The third-order valence-corrected chi connectivity index (χ3v) is 6.45. The maximum absolute atomic E-state index is 12.3. The smallest absolute Gasteiger partial charge is 0.475 e. The molecular weight excluding hydrogens is 465 g/mol. The number of alkyl halides is 3. The second-order valence-electron chi connectivity index (χ2n) is 7.95. The third kappa shape index (κ3) is 7.43. The summed E-state index contributed by atoms with van der Waals surface area (Å²) >= 11 is 1.82. The molecule has 1 aromatic heterocycles. The quantitative estimate of drug-likeness (QED) is 0.422. The minimum absolute atomic E-state index is 0.0240. The van der Waals surface area contributed by atoms with Crippen LogP contribution in [0.2, 0.25) is 0 Å². The van der Waals surface area contributed by atoms with Gasteiger partial charge < -0.3 is 15.7 Å². The van der Waals surface area contributed by atoms with Gasteiger partial charge >= 0.3 is 12.1 Å². The first-order valence-electron chi connectivity index (χ1n) is 10.6. The Morgan fingerprint density at radius 3 is 2.24 bits per heavy atom. The van der Waals surface area contributed by atoms with E-state index in [1.54, 1.807) is 0 Å². The molecule has 1 saturated carbocycles. The number of hydrogen-bond donors (Lipinski definition) is 3. The molecule has 1 amide bonds. The van der Waals surface area contributed by atoms with Gasteiger partial charge in [-0.2, -0.15) is 13.2 Å². The number of thiophene rings is 1. The van der Waals surface area contributed by atoms with E-state index in [1.165, 1.54) is 22.4 Å². The molecule has 5 nitrogen and oxygen atoms in total. The fourth-order valence-electron chi connectivity index (χ4n) is 3.36. The van der Waals surface area contributed by atoms with Crippen molar-refractivity contribution in [1.82, 2.24) is 10.6 Å². The van der Waals surface area contributed by atoms with Gasteiger partial charge in [0.25, 0.3) is 5.91 Å². The monoisotopic (exact) mass is 490 g/mol. The number of hydrogen-bond acceptors (Lipinski definition) is 4. The zero-order chi connectivity index (χ0) is 24.7. The molecule has 1 aliphatic rings. The maximum Gasteiger partial charge on any atom is 0.490 e.